The number of rotatable bonds is 5. The zero-order chi connectivity index (χ0) is 23.8. The summed E-state index contributed by atoms with van der Waals surface area (Å²) < 4.78 is 11.9. The zero-order valence-electron chi connectivity index (χ0n) is 18.4. The largest absolute Gasteiger partial charge is 0.493 e. The molecule has 5 rings (SSSR count). The van der Waals surface area contributed by atoms with Crippen LogP contribution in [0.1, 0.15) is 39.6 Å². The summed E-state index contributed by atoms with van der Waals surface area (Å²) in [5.74, 6) is -1.86. The van der Waals surface area contributed by atoms with Gasteiger partial charge in [0, 0.05) is 23.0 Å². The van der Waals surface area contributed by atoms with Gasteiger partial charge >= 0.3 is 11.9 Å². The fourth-order valence-corrected chi connectivity index (χ4v) is 4.49. The Morgan fingerprint density at radius 3 is 2.65 bits per heavy atom. The van der Waals surface area contributed by atoms with E-state index in [4.69, 9.17) is 14.6 Å². The summed E-state index contributed by atoms with van der Waals surface area (Å²) in [6.07, 6.45) is 1.72. The molecule has 8 nitrogen and oxygen atoms in total. The van der Waals surface area contributed by atoms with Crippen LogP contribution < -0.4 is 19.7 Å². The number of nitrogens with one attached hydrogen (secondary N) is 1. The number of fused-ring (bicyclic) bond motifs is 2. The van der Waals surface area contributed by atoms with Crippen molar-refractivity contribution in [1.29, 1.82) is 0 Å². The smallest absolute Gasteiger partial charge is 0.394 e. The summed E-state index contributed by atoms with van der Waals surface area (Å²) in [6, 6.07) is 18.4. The van der Waals surface area contributed by atoms with Gasteiger partial charge in [-0.15, -0.1) is 0 Å². The molecule has 0 aromatic heterocycles. The Bertz CT molecular complexity index is 1320. The van der Waals surface area contributed by atoms with E-state index in [0.717, 1.165) is 24.0 Å². The summed E-state index contributed by atoms with van der Waals surface area (Å²) in [5, 5.41) is 11.1. The van der Waals surface area contributed by atoms with Crippen LogP contribution in [0.25, 0.3) is 0 Å². The molecule has 0 bridgehead atoms. The number of hydrogen-bond acceptors (Lipinski definition) is 5. The van der Waals surface area contributed by atoms with Crippen molar-refractivity contribution in [3.05, 3.63) is 82.9 Å². The van der Waals surface area contributed by atoms with E-state index >= 15 is 0 Å². The Morgan fingerprint density at radius 1 is 1.03 bits per heavy atom. The van der Waals surface area contributed by atoms with Gasteiger partial charge in [-0.1, -0.05) is 30.3 Å². The van der Waals surface area contributed by atoms with Crippen molar-refractivity contribution >= 4 is 29.2 Å². The molecule has 1 unspecified atom stereocenters. The minimum absolute atomic E-state index is 0.0905. The van der Waals surface area contributed by atoms with Gasteiger partial charge in [0.1, 0.15) is 6.10 Å². The Morgan fingerprint density at radius 2 is 1.85 bits per heavy atom. The molecule has 0 spiro atoms. The molecule has 2 amide bonds. The third kappa shape index (κ3) is 3.83. The number of aryl methyl sites for hydroxylation is 1. The van der Waals surface area contributed by atoms with Crippen molar-refractivity contribution in [3.8, 4) is 11.5 Å². The number of aliphatic carboxylic acids is 1. The molecule has 2 aliphatic rings. The molecule has 2 N–H and O–H groups in total. The number of carbonyl (C=O) groups is 3. The molecule has 1 aliphatic heterocycles. The zero-order valence-corrected chi connectivity index (χ0v) is 18.4. The van der Waals surface area contributed by atoms with E-state index in [2.05, 4.69) is 17.4 Å². The molecule has 34 heavy (non-hydrogen) atoms. The number of carboxylic acids is 1. The second kappa shape index (κ2) is 8.55. The number of hydrogen-bond donors (Lipinski definition) is 2. The SMILES string of the molecule is COc1ccc(N2Cc3ccc(NC(=O)C(=O)O)cc3C2=O)cc1OC1CCc2ccccc21. The van der Waals surface area contributed by atoms with Crippen molar-refractivity contribution in [2.45, 2.75) is 25.5 Å². The van der Waals surface area contributed by atoms with Crippen molar-refractivity contribution in [2.24, 2.45) is 0 Å². The maximum absolute atomic E-state index is 13.2. The van der Waals surface area contributed by atoms with Crippen LogP contribution in [-0.2, 0) is 22.6 Å². The molecule has 0 saturated heterocycles. The van der Waals surface area contributed by atoms with Gasteiger partial charge in [-0.2, -0.15) is 0 Å². The lowest BCUT2D eigenvalue weighted by Gasteiger charge is -2.21. The van der Waals surface area contributed by atoms with Gasteiger partial charge in [-0.3, -0.25) is 9.59 Å². The summed E-state index contributed by atoms with van der Waals surface area (Å²) in [7, 11) is 1.58. The van der Waals surface area contributed by atoms with Crippen LogP contribution in [0.4, 0.5) is 11.4 Å². The predicted octanol–water partition coefficient (Wildman–Crippen LogP) is 3.95. The van der Waals surface area contributed by atoms with Crippen molar-refractivity contribution in [3.63, 3.8) is 0 Å². The molecule has 1 aliphatic carbocycles. The van der Waals surface area contributed by atoms with E-state index in [1.54, 1.807) is 42.3 Å². The topological polar surface area (TPSA) is 105 Å². The quantitative estimate of drug-likeness (QED) is 0.561. The average Bonchev–Trinajstić information content (AvgIpc) is 3.40. The number of methoxy groups -OCH3 is 1. The minimum atomic E-state index is -1.59. The highest BCUT2D eigenvalue weighted by Crippen LogP contribution is 2.41. The van der Waals surface area contributed by atoms with E-state index < -0.39 is 11.9 Å². The fraction of sp³-hybridized carbons (Fsp3) is 0.192. The summed E-state index contributed by atoms with van der Waals surface area (Å²) in [5.41, 5.74) is 4.53. The van der Waals surface area contributed by atoms with Crippen LogP contribution in [0.3, 0.4) is 0 Å². The van der Waals surface area contributed by atoms with Crippen LogP contribution in [0.2, 0.25) is 0 Å². The second-order valence-corrected chi connectivity index (χ2v) is 8.20. The lowest BCUT2D eigenvalue weighted by atomic mass is 10.1. The van der Waals surface area contributed by atoms with E-state index in [-0.39, 0.29) is 17.7 Å². The molecular formula is C26H22N2O6. The molecule has 8 heteroatoms. The van der Waals surface area contributed by atoms with Gasteiger partial charge in [0.2, 0.25) is 0 Å². The van der Waals surface area contributed by atoms with E-state index in [1.807, 2.05) is 12.1 Å². The molecule has 172 valence electrons. The highest BCUT2D eigenvalue weighted by Gasteiger charge is 2.31. The van der Waals surface area contributed by atoms with Gasteiger partial charge in [0.25, 0.3) is 5.91 Å². The van der Waals surface area contributed by atoms with Crippen molar-refractivity contribution < 1.29 is 29.0 Å². The summed E-state index contributed by atoms with van der Waals surface area (Å²) in [6.45, 7) is 0.347. The van der Waals surface area contributed by atoms with E-state index in [9.17, 15) is 14.4 Å². The molecule has 1 heterocycles. The summed E-state index contributed by atoms with van der Waals surface area (Å²) in [4.78, 5) is 37.1. The van der Waals surface area contributed by atoms with E-state index in [1.165, 1.54) is 11.6 Å². The highest BCUT2D eigenvalue weighted by molar-refractivity contribution is 6.36. The Hall–Kier alpha value is -4.33. The normalized spacial score (nSPS) is 16.1. The van der Waals surface area contributed by atoms with Gasteiger partial charge in [-0.25, -0.2) is 4.79 Å². The van der Waals surface area contributed by atoms with Crippen LogP contribution in [0, 0.1) is 0 Å². The van der Waals surface area contributed by atoms with Crippen LogP contribution >= 0.6 is 0 Å². The molecule has 3 aromatic rings. The predicted molar refractivity (Wildman–Crippen MR) is 124 cm³/mol. The first kappa shape index (κ1) is 21.5. The first-order valence-electron chi connectivity index (χ1n) is 10.9. The number of ether oxygens (including phenoxy) is 2. The maximum atomic E-state index is 13.2. The molecule has 0 fully saturated rings. The lowest BCUT2D eigenvalue weighted by molar-refractivity contribution is -0.147. The first-order chi connectivity index (χ1) is 16.4. The van der Waals surface area contributed by atoms with Crippen molar-refractivity contribution in [1.82, 2.24) is 0 Å². The van der Waals surface area contributed by atoms with Gasteiger partial charge in [-0.05, 0) is 53.8 Å². The van der Waals surface area contributed by atoms with Gasteiger partial charge < -0.3 is 24.8 Å². The fourth-order valence-electron chi connectivity index (χ4n) is 4.49. The summed E-state index contributed by atoms with van der Waals surface area (Å²) >= 11 is 0. The Labute approximate surface area is 195 Å². The Kier molecular flexibility index (Phi) is 5.41. The second-order valence-electron chi connectivity index (χ2n) is 8.20. The molecule has 3 aromatic carbocycles. The number of anilines is 2. The van der Waals surface area contributed by atoms with Crippen LogP contribution in [0.5, 0.6) is 11.5 Å². The molecule has 1 atom stereocenters. The maximum Gasteiger partial charge on any atom is 0.394 e. The van der Waals surface area contributed by atoms with Gasteiger partial charge in [0.15, 0.2) is 11.5 Å². The highest BCUT2D eigenvalue weighted by atomic mass is 16.5. The van der Waals surface area contributed by atoms with E-state index in [0.29, 0.717) is 29.3 Å². The monoisotopic (exact) mass is 458 g/mol. The minimum Gasteiger partial charge on any atom is -0.493 e. The number of benzene rings is 3. The Balaban J connectivity index is 1.40. The van der Waals surface area contributed by atoms with Crippen molar-refractivity contribution in [2.75, 3.05) is 17.3 Å². The number of nitrogens with zero attached hydrogens (tertiary/aromatic N) is 1. The number of carboxylic acid groups (broad SMARTS) is 1. The first-order valence-corrected chi connectivity index (χ1v) is 10.9. The lowest BCUT2D eigenvalue weighted by Crippen LogP contribution is -2.23. The average molecular weight is 458 g/mol. The molecular weight excluding hydrogens is 436 g/mol. The third-order valence-corrected chi connectivity index (χ3v) is 6.17. The van der Waals surface area contributed by atoms with Gasteiger partial charge in [0.05, 0.1) is 13.7 Å². The molecule has 0 saturated carbocycles. The van der Waals surface area contributed by atoms with Crippen LogP contribution in [0.15, 0.2) is 60.7 Å². The third-order valence-electron chi connectivity index (χ3n) is 6.17. The number of amides is 2. The van der Waals surface area contributed by atoms with Crippen LogP contribution in [-0.4, -0.2) is 30.0 Å². The molecule has 0 radical (unpaired) electrons. The number of carbonyl (C=O) groups excluding carboxylic acids is 2. The standard InChI is InChI=1S/C26H22N2O6/c1-33-22-11-9-18(13-23(22)34-21-10-7-15-4-2-3-5-19(15)21)28-14-16-6-8-17(12-20(16)25(28)30)27-24(29)26(31)32/h2-6,8-9,11-13,21H,7,10,14H2,1H3,(H,27,29)(H,31,32).